The highest BCUT2D eigenvalue weighted by molar-refractivity contribution is 6.41. The number of nitrogens with zero attached hydrogens (tertiary/aromatic N) is 1. The number of benzene rings is 1. The summed E-state index contributed by atoms with van der Waals surface area (Å²) >= 11 is 0. The Kier molecular flexibility index (Phi) is 3.87. The van der Waals surface area contributed by atoms with Crippen molar-refractivity contribution in [3.8, 4) is 0 Å². The van der Waals surface area contributed by atoms with E-state index in [-0.39, 0.29) is 0 Å². The van der Waals surface area contributed by atoms with Crippen molar-refractivity contribution in [2.24, 2.45) is 0 Å². The summed E-state index contributed by atoms with van der Waals surface area (Å²) in [6.45, 7) is 6.70. The molecule has 0 bridgehead atoms. The van der Waals surface area contributed by atoms with Gasteiger partial charge in [-0.3, -0.25) is 0 Å². The Balaban J connectivity index is 2.76. The molecular weight excluding hydrogens is 157 g/mol. The maximum absolute atomic E-state index is 2.43. The summed E-state index contributed by atoms with van der Waals surface area (Å²) in [5.74, 6) is 0. The fourth-order valence-corrected chi connectivity index (χ4v) is 1.55. The standard InChI is InChI=1S/C11H18BN/c1-4-12-13(10(2)3)11-8-6-5-7-9-11/h5-10,12H,4H2,1-3H3. The first-order valence-corrected chi connectivity index (χ1v) is 5.07. The van der Waals surface area contributed by atoms with Gasteiger partial charge >= 0.3 is 0 Å². The molecule has 0 radical (unpaired) electrons. The maximum Gasteiger partial charge on any atom is 0.236 e. The predicted molar refractivity (Wildman–Crippen MR) is 61.7 cm³/mol. The van der Waals surface area contributed by atoms with Gasteiger partial charge < -0.3 is 4.81 Å². The quantitative estimate of drug-likeness (QED) is 0.636. The van der Waals surface area contributed by atoms with Gasteiger partial charge in [-0.05, 0) is 26.0 Å². The second-order valence-electron chi connectivity index (χ2n) is 3.62. The van der Waals surface area contributed by atoms with Crippen molar-refractivity contribution in [2.75, 3.05) is 4.81 Å². The molecule has 70 valence electrons. The van der Waals surface area contributed by atoms with Crippen LogP contribution in [0.15, 0.2) is 30.3 Å². The van der Waals surface area contributed by atoms with Crippen molar-refractivity contribution < 1.29 is 0 Å². The van der Waals surface area contributed by atoms with Gasteiger partial charge in [-0.15, -0.1) is 0 Å². The normalized spacial score (nSPS) is 10.2. The van der Waals surface area contributed by atoms with Crippen molar-refractivity contribution in [2.45, 2.75) is 33.1 Å². The third-order valence-corrected chi connectivity index (χ3v) is 2.18. The molecule has 0 N–H and O–H groups in total. The van der Waals surface area contributed by atoms with Gasteiger partial charge in [-0.2, -0.15) is 0 Å². The first-order chi connectivity index (χ1) is 6.25. The van der Waals surface area contributed by atoms with E-state index in [1.54, 1.807) is 0 Å². The molecule has 1 aromatic carbocycles. The summed E-state index contributed by atoms with van der Waals surface area (Å²) in [6.07, 6.45) is 1.20. The summed E-state index contributed by atoms with van der Waals surface area (Å²) < 4.78 is 0. The molecule has 0 saturated heterocycles. The van der Waals surface area contributed by atoms with Crippen LogP contribution in [0.4, 0.5) is 5.69 Å². The van der Waals surface area contributed by atoms with Crippen molar-refractivity contribution in [1.29, 1.82) is 0 Å². The molecule has 1 nitrogen and oxygen atoms in total. The Morgan fingerprint density at radius 3 is 2.31 bits per heavy atom. The zero-order valence-electron chi connectivity index (χ0n) is 8.83. The average molecular weight is 175 g/mol. The fourth-order valence-electron chi connectivity index (χ4n) is 1.55. The summed E-state index contributed by atoms with van der Waals surface area (Å²) in [5, 5.41) is 0. The third-order valence-electron chi connectivity index (χ3n) is 2.18. The van der Waals surface area contributed by atoms with E-state index in [0.717, 1.165) is 7.41 Å². The molecule has 0 aliphatic heterocycles. The van der Waals surface area contributed by atoms with E-state index < -0.39 is 0 Å². The lowest BCUT2D eigenvalue weighted by Gasteiger charge is -2.28. The van der Waals surface area contributed by atoms with Gasteiger partial charge in [0.05, 0.1) is 0 Å². The Hall–Kier alpha value is -0.915. The minimum absolute atomic E-state index is 0.586. The molecular formula is C11H18BN. The molecule has 0 unspecified atom stereocenters. The maximum atomic E-state index is 2.43. The third kappa shape index (κ3) is 2.80. The fraction of sp³-hybridized carbons (Fsp3) is 0.455. The molecule has 1 rings (SSSR count). The van der Waals surface area contributed by atoms with E-state index in [4.69, 9.17) is 0 Å². The Morgan fingerprint density at radius 2 is 1.85 bits per heavy atom. The number of anilines is 1. The van der Waals surface area contributed by atoms with Gasteiger partial charge in [0.25, 0.3) is 0 Å². The minimum Gasteiger partial charge on any atom is -0.416 e. The lowest BCUT2D eigenvalue weighted by Crippen LogP contribution is -2.33. The van der Waals surface area contributed by atoms with Crippen molar-refractivity contribution in [1.82, 2.24) is 0 Å². The molecule has 0 heterocycles. The molecule has 1 aromatic rings. The van der Waals surface area contributed by atoms with Crippen LogP contribution in [0.5, 0.6) is 0 Å². The zero-order valence-corrected chi connectivity index (χ0v) is 8.83. The molecule has 2 heteroatoms. The van der Waals surface area contributed by atoms with E-state index in [1.165, 1.54) is 12.0 Å². The highest BCUT2D eigenvalue weighted by atomic mass is 15.1. The Bertz CT molecular complexity index is 233. The van der Waals surface area contributed by atoms with Crippen LogP contribution in [-0.2, 0) is 0 Å². The average Bonchev–Trinajstić information content (AvgIpc) is 2.15. The number of para-hydroxylation sites is 1. The minimum atomic E-state index is 0.586. The zero-order chi connectivity index (χ0) is 9.68. The van der Waals surface area contributed by atoms with Gasteiger partial charge in [0.1, 0.15) is 0 Å². The summed E-state index contributed by atoms with van der Waals surface area (Å²) in [6, 6.07) is 11.2. The largest absolute Gasteiger partial charge is 0.416 e. The lowest BCUT2D eigenvalue weighted by molar-refractivity contribution is 0.820. The first kappa shape index (κ1) is 10.2. The SMILES string of the molecule is CCBN(c1ccccc1)C(C)C. The van der Waals surface area contributed by atoms with Crippen molar-refractivity contribution in [3.63, 3.8) is 0 Å². The van der Waals surface area contributed by atoms with Crippen LogP contribution in [0.3, 0.4) is 0 Å². The molecule has 0 aromatic heterocycles. The number of rotatable bonds is 4. The Morgan fingerprint density at radius 1 is 1.23 bits per heavy atom. The van der Waals surface area contributed by atoms with E-state index >= 15 is 0 Å². The van der Waals surface area contributed by atoms with E-state index in [0.29, 0.717) is 6.04 Å². The van der Waals surface area contributed by atoms with Crippen LogP contribution in [0.25, 0.3) is 0 Å². The molecule has 0 saturated carbocycles. The van der Waals surface area contributed by atoms with Gasteiger partial charge in [-0.25, -0.2) is 0 Å². The van der Waals surface area contributed by atoms with Crippen LogP contribution in [0, 0.1) is 0 Å². The molecule has 0 spiro atoms. The second kappa shape index (κ2) is 4.95. The Labute approximate surface area is 82.0 Å². The molecule has 0 amide bonds. The van der Waals surface area contributed by atoms with Gasteiger partial charge in [0.15, 0.2) is 0 Å². The molecule has 0 fully saturated rings. The molecule has 0 aliphatic carbocycles. The second-order valence-corrected chi connectivity index (χ2v) is 3.62. The number of hydrogen-bond donors (Lipinski definition) is 0. The van der Waals surface area contributed by atoms with Crippen LogP contribution in [0.1, 0.15) is 20.8 Å². The van der Waals surface area contributed by atoms with Crippen molar-refractivity contribution >= 4 is 13.1 Å². The van der Waals surface area contributed by atoms with Crippen LogP contribution in [0.2, 0.25) is 6.32 Å². The molecule has 0 aliphatic rings. The summed E-state index contributed by atoms with van der Waals surface area (Å²) in [7, 11) is 1.14. The van der Waals surface area contributed by atoms with Crippen LogP contribution < -0.4 is 4.81 Å². The van der Waals surface area contributed by atoms with E-state index in [1.807, 2.05) is 0 Å². The molecule has 0 atom stereocenters. The number of hydrogen-bond acceptors (Lipinski definition) is 1. The van der Waals surface area contributed by atoms with Gasteiger partial charge in [0.2, 0.25) is 7.41 Å². The lowest BCUT2D eigenvalue weighted by atomic mass is 9.85. The highest BCUT2D eigenvalue weighted by Gasteiger charge is 2.08. The van der Waals surface area contributed by atoms with Crippen LogP contribution >= 0.6 is 0 Å². The van der Waals surface area contributed by atoms with Crippen molar-refractivity contribution in [3.05, 3.63) is 30.3 Å². The topological polar surface area (TPSA) is 3.24 Å². The van der Waals surface area contributed by atoms with Gasteiger partial charge in [-0.1, -0.05) is 31.4 Å². The van der Waals surface area contributed by atoms with Crippen LogP contribution in [-0.4, -0.2) is 13.5 Å². The van der Waals surface area contributed by atoms with Gasteiger partial charge in [0, 0.05) is 11.7 Å². The summed E-state index contributed by atoms with van der Waals surface area (Å²) in [4.78, 5) is 2.43. The smallest absolute Gasteiger partial charge is 0.236 e. The molecule has 13 heavy (non-hydrogen) atoms. The monoisotopic (exact) mass is 175 g/mol. The van der Waals surface area contributed by atoms with E-state index in [9.17, 15) is 0 Å². The summed E-state index contributed by atoms with van der Waals surface area (Å²) in [5.41, 5.74) is 1.33. The van der Waals surface area contributed by atoms with E-state index in [2.05, 4.69) is 55.9 Å². The predicted octanol–water partition coefficient (Wildman–Crippen LogP) is 2.69. The first-order valence-electron chi connectivity index (χ1n) is 5.07. The highest BCUT2D eigenvalue weighted by Crippen LogP contribution is 2.15.